The van der Waals surface area contributed by atoms with Crippen LogP contribution in [0.25, 0.3) is 4.96 Å². The summed E-state index contributed by atoms with van der Waals surface area (Å²) in [6.07, 6.45) is 1.87. The molecule has 4 nitrogen and oxygen atoms in total. The van der Waals surface area contributed by atoms with Crippen LogP contribution in [-0.2, 0) is 17.9 Å². The van der Waals surface area contributed by atoms with E-state index in [1.807, 2.05) is 13.1 Å². The van der Waals surface area contributed by atoms with Gasteiger partial charge in [0.1, 0.15) is 0 Å². The molecule has 0 fully saturated rings. The van der Waals surface area contributed by atoms with E-state index in [1.165, 1.54) is 0 Å². The molecular formula is C9H13N3OS. The molecule has 0 aliphatic heterocycles. The van der Waals surface area contributed by atoms with Gasteiger partial charge in [0.15, 0.2) is 4.96 Å². The van der Waals surface area contributed by atoms with E-state index in [-0.39, 0.29) is 0 Å². The second-order valence-electron chi connectivity index (χ2n) is 3.13. The Kier molecular flexibility index (Phi) is 2.54. The number of aromatic nitrogens is 2. The minimum Gasteiger partial charge on any atom is -0.378 e. The van der Waals surface area contributed by atoms with Crippen LogP contribution in [0.5, 0.6) is 0 Å². The third kappa shape index (κ3) is 1.33. The highest BCUT2D eigenvalue weighted by molar-refractivity contribution is 7.17. The van der Waals surface area contributed by atoms with Crippen molar-refractivity contribution in [1.82, 2.24) is 9.38 Å². The maximum Gasteiger partial charge on any atom is 0.194 e. The van der Waals surface area contributed by atoms with Gasteiger partial charge in [0.05, 0.1) is 12.3 Å². The summed E-state index contributed by atoms with van der Waals surface area (Å²) in [5.74, 6) is 0. The predicted octanol–water partition coefficient (Wildman–Crippen LogP) is 1.31. The Morgan fingerprint density at radius 1 is 1.64 bits per heavy atom. The van der Waals surface area contributed by atoms with Gasteiger partial charge in [0.25, 0.3) is 0 Å². The number of rotatable bonds is 3. The van der Waals surface area contributed by atoms with Crippen molar-refractivity contribution in [1.29, 1.82) is 0 Å². The summed E-state index contributed by atoms with van der Waals surface area (Å²) in [5.41, 5.74) is 7.93. The summed E-state index contributed by atoms with van der Waals surface area (Å²) in [5, 5.41) is 0. The lowest BCUT2D eigenvalue weighted by Gasteiger charge is -2.02. The zero-order chi connectivity index (χ0) is 10.1. The third-order valence-electron chi connectivity index (χ3n) is 2.18. The second kappa shape index (κ2) is 3.68. The Balaban J connectivity index is 2.64. The molecule has 2 rings (SSSR count). The van der Waals surface area contributed by atoms with E-state index >= 15 is 0 Å². The van der Waals surface area contributed by atoms with Crippen LogP contribution < -0.4 is 5.73 Å². The standard InChI is InChI=1S/C9H13N3OS/c1-6-4-11-9-12(6)7(5-13-2)8(3-10)14-9/h4H,3,5,10H2,1-2H3. The molecular weight excluding hydrogens is 198 g/mol. The SMILES string of the molecule is COCc1c(CN)sc2ncc(C)n12. The van der Waals surface area contributed by atoms with Crippen molar-refractivity contribution in [3.8, 4) is 0 Å². The maximum absolute atomic E-state index is 5.67. The Labute approximate surface area is 86.3 Å². The summed E-state index contributed by atoms with van der Waals surface area (Å²) in [6, 6.07) is 0. The molecule has 2 heterocycles. The highest BCUT2D eigenvalue weighted by Gasteiger charge is 2.13. The van der Waals surface area contributed by atoms with E-state index < -0.39 is 0 Å². The van der Waals surface area contributed by atoms with Gasteiger partial charge in [-0.25, -0.2) is 4.98 Å². The van der Waals surface area contributed by atoms with Gasteiger partial charge in [0, 0.05) is 30.4 Å². The molecule has 0 radical (unpaired) electrons. The first kappa shape index (κ1) is 9.64. The molecule has 76 valence electrons. The van der Waals surface area contributed by atoms with Crippen LogP contribution in [0.15, 0.2) is 6.20 Å². The van der Waals surface area contributed by atoms with Gasteiger partial charge < -0.3 is 10.5 Å². The smallest absolute Gasteiger partial charge is 0.194 e. The molecule has 0 atom stereocenters. The van der Waals surface area contributed by atoms with Crippen LogP contribution in [-0.4, -0.2) is 16.5 Å². The van der Waals surface area contributed by atoms with Crippen LogP contribution in [0.1, 0.15) is 16.3 Å². The second-order valence-corrected chi connectivity index (χ2v) is 4.19. The molecule has 2 aromatic heterocycles. The van der Waals surface area contributed by atoms with Crippen LogP contribution in [0.3, 0.4) is 0 Å². The first-order chi connectivity index (χ1) is 6.77. The number of nitrogens with zero attached hydrogens (tertiary/aromatic N) is 2. The summed E-state index contributed by atoms with van der Waals surface area (Å²) in [4.78, 5) is 6.45. The Morgan fingerprint density at radius 2 is 2.43 bits per heavy atom. The lowest BCUT2D eigenvalue weighted by Crippen LogP contribution is -2.02. The van der Waals surface area contributed by atoms with Crippen molar-refractivity contribution < 1.29 is 4.74 Å². The molecule has 0 aliphatic carbocycles. The van der Waals surface area contributed by atoms with Crippen LogP contribution in [0, 0.1) is 6.92 Å². The minimum absolute atomic E-state index is 0.548. The van der Waals surface area contributed by atoms with Gasteiger partial charge in [-0.05, 0) is 6.92 Å². The number of fused-ring (bicyclic) bond motifs is 1. The molecule has 2 aromatic rings. The normalized spacial score (nSPS) is 11.4. The van der Waals surface area contributed by atoms with Crippen molar-refractivity contribution in [3.05, 3.63) is 22.5 Å². The topological polar surface area (TPSA) is 52.5 Å². The molecule has 0 aromatic carbocycles. The van der Waals surface area contributed by atoms with Crippen LogP contribution >= 0.6 is 11.3 Å². The number of hydrogen-bond acceptors (Lipinski definition) is 4. The van der Waals surface area contributed by atoms with Crippen molar-refractivity contribution in [2.75, 3.05) is 7.11 Å². The molecule has 0 amide bonds. The fourth-order valence-electron chi connectivity index (χ4n) is 1.55. The monoisotopic (exact) mass is 211 g/mol. The number of thiazole rings is 1. The number of ether oxygens (including phenoxy) is 1. The van der Waals surface area contributed by atoms with E-state index in [0.29, 0.717) is 13.2 Å². The van der Waals surface area contributed by atoms with Gasteiger partial charge in [-0.1, -0.05) is 11.3 Å². The Morgan fingerprint density at radius 3 is 3.07 bits per heavy atom. The molecule has 0 aliphatic rings. The fourth-order valence-corrected chi connectivity index (χ4v) is 2.57. The average molecular weight is 211 g/mol. The first-order valence-corrected chi connectivity index (χ1v) is 5.23. The van der Waals surface area contributed by atoms with Gasteiger partial charge in [-0.3, -0.25) is 4.40 Å². The highest BCUT2D eigenvalue weighted by atomic mass is 32.1. The zero-order valence-corrected chi connectivity index (χ0v) is 9.10. The molecule has 5 heteroatoms. The van der Waals surface area contributed by atoms with E-state index in [2.05, 4.69) is 9.38 Å². The summed E-state index contributed by atoms with van der Waals surface area (Å²) < 4.78 is 7.27. The van der Waals surface area contributed by atoms with E-state index in [1.54, 1.807) is 18.4 Å². The minimum atomic E-state index is 0.548. The number of hydrogen-bond donors (Lipinski definition) is 1. The van der Waals surface area contributed by atoms with Gasteiger partial charge >= 0.3 is 0 Å². The lowest BCUT2D eigenvalue weighted by molar-refractivity contribution is 0.180. The summed E-state index contributed by atoms with van der Waals surface area (Å²) >= 11 is 1.63. The molecule has 0 bridgehead atoms. The number of imidazole rings is 1. The van der Waals surface area contributed by atoms with Gasteiger partial charge in [-0.2, -0.15) is 0 Å². The van der Waals surface area contributed by atoms with Gasteiger partial charge in [-0.15, -0.1) is 0 Å². The van der Waals surface area contributed by atoms with E-state index in [4.69, 9.17) is 10.5 Å². The quantitative estimate of drug-likeness (QED) is 0.832. The molecule has 2 N–H and O–H groups in total. The zero-order valence-electron chi connectivity index (χ0n) is 8.28. The maximum atomic E-state index is 5.67. The molecule has 0 saturated carbocycles. The third-order valence-corrected chi connectivity index (χ3v) is 3.30. The molecule has 0 spiro atoms. The Hall–Kier alpha value is -0.910. The number of nitrogens with two attached hydrogens (primary N) is 1. The number of aryl methyl sites for hydroxylation is 1. The van der Waals surface area contributed by atoms with Gasteiger partial charge in [0.2, 0.25) is 0 Å². The van der Waals surface area contributed by atoms with E-state index in [0.717, 1.165) is 21.2 Å². The van der Waals surface area contributed by atoms with E-state index in [9.17, 15) is 0 Å². The average Bonchev–Trinajstić information content (AvgIpc) is 2.69. The van der Waals surface area contributed by atoms with Crippen molar-refractivity contribution in [3.63, 3.8) is 0 Å². The molecule has 0 unspecified atom stereocenters. The summed E-state index contributed by atoms with van der Waals surface area (Å²) in [6.45, 7) is 3.17. The molecule has 14 heavy (non-hydrogen) atoms. The summed E-state index contributed by atoms with van der Waals surface area (Å²) in [7, 11) is 1.69. The fraction of sp³-hybridized carbons (Fsp3) is 0.444. The highest BCUT2D eigenvalue weighted by Crippen LogP contribution is 2.24. The van der Waals surface area contributed by atoms with Crippen molar-refractivity contribution in [2.24, 2.45) is 5.73 Å². The Bertz CT molecular complexity index is 446. The first-order valence-electron chi connectivity index (χ1n) is 4.41. The number of methoxy groups -OCH3 is 1. The van der Waals surface area contributed by atoms with Crippen molar-refractivity contribution >= 4 is 16.3 Å². The largest absolute Gasteiger partial charge is 0.378 e. The van der Waals surface area contributed by atoms with Crippen LogP contribution in [0.2, 0.25) is 0 Å². The molecule has 0 saturated heterocycles. The van der Waals surface area contributed by atoms with Crippen molar-refractivity contribution in [2.45, 2.75) is 20.1 Å². The lowest BCUT2D eigenvalue weighted by atomic mass is 10.3. The predicted molar refractivity (Wildman–Crippen MR) is 56.4 cm³/mol. The van der Waals surface area contributed by atoms with Crippen LogP contribution in [0.4, 0.5) is 0 Å².